The Morgan fingerprint density at radius 3 is 2.33 bits per heavy atom. The summed E-state index contributed by atoms with van der Waals surface area (Å²) < 4.78 is 24.4. The van der Waals surface area contributed by atoms with Crippen molar-refractivity contribution in [3.8, 4) is 23.0 Å². The number of fused-ring (bicyclic) bond motifs is 2. The highest BCUT2D eigenvalue weighted by atomic mass is 32.1. The van der Waals surface area contributed by atoms with Gasteiger partial charge in [0.2, 0.25) is 5.75 Å². The Hall–Kier alpha value is -5.10. The number of pyridine rings is 1. The summed E-state index contributed by atoms with van der Waals surface area (Å²) in [4.78, 5) is 38.2. The van der Waals surface area contributed by atoms with Crippen molar-refractivity contribution in [3.05, 3.63) is 77.3 Å². The first-order valence-corrected chi connectivity index (χ1v) is 13.6. The van der Waals surface area contributed by atoms with Crippen molar-refractivity contribution in [1.82, 2.24) is 14.4 Å². The van der Waals surface area contributed by atoms with Gasteiger partial charge in [-0.25, -0.2) is 9.97 Å². The summed E-state index contributed by atoms with van der Waals surface area (Å²) in [5, 5.41) is 12.1. The second kappa shape index (κ2) is 10.4. The summed E-state index contributed by atoms with van der Waals surface area (Å²) in [6, 6.07) is 13.0. The van der Waals surface area contributed by atoms with E-state index in [0.29, 0.717) is 51.1 Å². The number of aliphatic hydroxyl groups is 1. The second-order valence-electron chi connectivity index (χ2n) is 9.43. The summed E-state index contributed by atoms with van der Waals surface area (Å²) in [6.07, 6.45) is 1.73. The maximum absolute atomic E-state index is 13.8. The van der Waals surface area contributed by atoms with E-state index in [2.05, 4.69) is 9.97 Å². The summed E-state index contributed by atoms with van der Waals surface area (Å²) in [5.74, 6) is -0.473. The first kappa shape index (κ1) is 27.1. The van der Waals surface area contributed by atoms with Crippen LogP contribution in [-0.4, -0.2) is 59.6 Å². The number of thiazole rings is 1. The lowest BCUT2D eigenvalue weighted by molar-refractivity contribution is -0.132. The van der Waals surface area contributed by atoms with Gasteiger partial charge in [-0.05, 0) is 55.0 Å². The van der Waals surface area contributed by atoms with Crippen molar-refractivity contribution >= 4 is 49.8 Å². The van der Waals surface area contributed by atoms with Gasteiger partial charge in [0, 0.05) is 6.20 Å². The number of ketones is 1. The molecule has 0 spiro atoms. The van der Waals surface area contributed by atoms with E-state index in [9.17, 15) is 14.7 Å². The fraction of sp³-hybridized carbons (Fsp3) is 0.200. The minimum Gasteiger partial charge on any atom is -0.505 e. The molecule has 11 nitrogen and oxygen atoms in total. The van der Waals surface area contributed by atoms with Gasteiger partial charge in [-0.1, -0.05) is 17.4 Å². The van der Waals surface area contributed by atoms with E-state index in [1.807, 2.05) is 12.1 Å². The van der Waals surface area contributed by atoms with Gasteiger partial charge in [0.1, 0.15) is 17.1 Å². The van der Waals surface area contributed by atoms with Crippen molar-refractivity contribution in [3.63, 3.8) is 0 Å². The van der Waals surface area contributed by atoms with E-state index in [0.717, 1.165) is 4.70 Å². The van der Waals surface area contributed by atoms with Gasteiger partial charge in [0.05, 0.1) is 56.0 Å². The Labute approximate surface area is 244 Å². The number of hydrogen-bond donors (Lipinski definition) is 1. The smallest absolute Gasteiger partial charge is 0.301 e. The molecule has 0 aliphatic carbocycles. The molecule has 2 aromatic carbocycles. The van der Waals surface area contributed by atoms with E-state index in [1.165, 1.54) is 37.6 Å². The van der Waals surface area contributed by atoms with Crippen LogP contribution in [0, 0.1) is 6.92 Å². The largest absolute Gasteiger partial charge is 0.505 e. The third kappa shape index (κ3) is 4.10. The number of benzene rings is 2. The van der Waals surface area contributed by atoms with Gasteiger partial charge in [-0.3, -0.25) is 18.9 Å². The van der Waals surface area contributed by atoms with Crippen LogP contribution in [0.15, 0.2) is 60.3 Å². The first-order chi connectivity index (χ1) is 20.3. The lowest BCUT2D eigenvalue weighted by Crippen LogP contribution is -2.29. The van der Waals surface area contributed by atoms with Crippen LogP contribution in [0.5, 0.6) is 23.0 Å². The number of anilines is 1. The molecule has 1 aliphatic rings. The fourth-order valence-corrected chi connectivity index (χ4v) is 6.27. The number of amides is 1. The van der Waals surface area contributed by atoms with Gasteiger partial charge in [0.25, 0.3) is 5.78 Å². The number of aromatic nitrogens is 3. The van der Waals surface area contributed by atoms with Crippen LogP contribution in [0.4, 0.5) is 5.13 Å². The van der Waals surface area contributed by atoms with Gasteiger partial charge < -0.3 is 24.1 Å². The molecule has 1 amide bonds. The monoisotopic (exact) mass is 586 g/mol. The molecule has 1 N–H and O–H groups in total. The van der Waals surface area contributed by atoms with E-state index in [-0.39, 0.29) is 16.5 Å². The Bertz CT molecular complexity index is 1900. The molecule has 12 heteroatoms. The lowest BCUT2D eigenvalue weighted by Gasteiger charge is -2.24. The van der Waals surface area contributed by atoms with Crippen molar-refractivity contribution in [2.45, 2.75) is 13.0 Å². The van der Waals surface area contributed by atoms with Gasteiger partial charge >= 0.3 is 5.91 Å². The minimum absolute atomic E-state index is 0.125. The molecule has 1 fully saturated rings. The second-order valence-corrected chi connectivity index (χ2v) is 10.4. The van der Waals surface area contributed by atoms with Crippen molar-refractivity contribution in [1.29, 1.82) is 0 Å². The molecule has 3 aromatic heterocycles. The zero-order valence-electron chi connectivity index (χ0n) is 23.4. The molecular formula is C30H26N4O7S. The van der Waals surface area contributed by atoms with Crippen molar-refractivity contribution in [2.24, 2.45) is 0 Å². The Morgan fingerprint density at radius 2 is 1.67 bits per heavy atom. The van der Waals surface area contributed by atoms with Gasteiger partial charge in [-0.2, -0.15) is 0 Å². The molecule has 4 heterocycles. The predicted molar refractivity (Wildman–Crippen MR) is 157 cm³/mol. The highest BCUT2D eigenvalue weighted by Crippen LogP contribution is 2.48. The normalized spacial score (nSPS) is 16.4. The van der Waals surface area contributed by atoms with Crippen LogP contribution in [0.3, 0.4) is 0 Å². The quantitative estimate of drug-likeness (QED) is 0.161. The molecule has 5 aromatic rings. The zero-order valence-corrected chi connectivity index (χ0v) is 24.2. The maximum Gasteiger partial charge on any atom is 0.301 e. The fourth-order valence-electron chi connectivity index (χ4n) is 5.25. The third-order valence-corrected chi connectivity index (χ3v) is 8.18. The lowest BCUT2D eigenvalue weighted by atomic mass is 9.95. The minimum atomic E-state index is -1.09. The number of carbonyl (C=O) groups is 2. The molecule has 0 saturated carbocycles. The number of carbonyl (C=O) groups excluding carboxylic acids is 2. The molecule has 0 bridgehead atoms. The van der Waals surface area contributed by atoms with Crippen LogP contribution in [0.25, 0.3) is 21.6 Å². The van der Waals surface area contributed by atoms with Gasteiger partial charge in [-0.15, -0.1) is 0 Å². The number of ether oxygens (including phenoxy) is 4. The predicted octanol–water partition coefficient (Wildman–Crippen LogP) is 4.91. The number of hydrogen-bond acceptors (Lipinski definition) is 10. The number of nitrogens with zero attached hydrogens (tertiary/aromatic N) is 4. The average molecular weight is 587 g/mol. The summed E-state index contributed by atoms with van der Waals surface area (Å²) in [7, 11) is 5.99. The SMILES string of the molecule is COc1ccc2nc(N3C(=O)C(=O)/C(=C(/O)c4c(C)nc5ccccn45)C3c3cc(OC)c(OC)c(OC)c3)sc2c1. The summed E-state index contributed by atoms with van der Waals surface area (Å²) in [5.41, 5.74) is 2.30. The number of rotatable bonds is 7. The van der Waals surface area contributed by atoms with E-state index in [1.54, 1.807) is 61.0 Å². The van der Waals surface area contributed by atoms with Gasteiger partial charge in [0.15, 0.2) is 22.4 Å². The van der Waals surface area contributed by atoms with Crippen LogP contribution in [-0.2, 0) is 9.59 Å². The Balaban J connectivity index is 1.64. The van der Waals surface area contributed by atoms with E-state index in [4.69, 9.17) is 18.9 Å². The van der Waals surface area contributed by atoms with Crippen LogP contribution < -0.4 is 23.8 Å². The van der Waals surface area contributed by atoms with Crippen LogP contribution in [0.2, 0.25) is 0 Å². The third-order valence-electron chi connectivity index (χ3n) is 7.17. The topological polar surface area (TPSA) is 125 Å². The number of imidazole rings is 1. The highest BCUT2D eigenvalue weighted by molar-refractivity contribution is 7.22. The molecule has 0 radical (unpaired) electrons. The van der Waals surface area contributed by atoms with Crippen LogP contribution in [0.1, 0.15) is 23.0 Å². The Kier molecular flexibility index (Phi) is 6.70. The number of methoxy groups -OCH3 is 4. The molecule has 6 rings (SSSR count). The van der Waals surface area contributed by atoms with Crippen molar-refractivity contribution in [2.75, 3.05) is 33.3 Å². The van der Waals surface area contributed by atoms with Crippen LogP contribution >= 0.6 is 11.3 Å². The molecule has 1 unspecified atom stereocenters. The summed E-state index contributed by atoms with van der Waals surface area (Å²) >= 11 is 1.23. The summed E-state index contributed by atoms with van der Waals surface area (Å²) in [6.45, 7) is 1.73. The standard InChI is InChI=1S/C30H26N4O7S/c1-15-24(33-11-7-6-8-22(33)31-15)26(35)23-25(16-12-19(39-3)28(41-5)20(13-16)40-4)34(29(37)27(23)36)30-32-18-10-9-17(38-2)14-21(18)42-30/h6-14,25,35H,1-5H3/b26-23+. The zero-order chi connectivity index (χ0) is 29.7. The number of aliphatic hydroxyl groups excluding tert-OH is 1. The van der Waals surface area contributed by atoms with E-state index >= 15 is 0 Å². The first-order valence-electron chi connectivity index (χ1n) is 12.8. The number of aryl methyl sites for hydroxylation is 1. The molecule has 1 aliphatic heterocycles. The van der Waals surface area contributed by atoms with E-state index < -0.39 is 17.7 Å². The maximum atomic E-state index is 13.8. The Morgan fingerprint density at radius 1 is 0.929 bits per heavy atom. The molecular weight excluding hydrogens is 560 g/mol. The highest BCUT2D eigenvalue weighted by Gasteiger charge is 2.49. The molecule has 42 heavy (non-hydrogen) atoms. The molecule has 214 valence electrons. The molecule has 1 atom stereocenters. The average Bonchev–Trinajstić information content (AvgIpc) is 3.65. The molecule has 1 saturated heterocycles. The van der Waals surface area contributed by atoms with Crippen molar-refractivity contribution < 1.29 is 33.6 Å². The number of Topliss-reactive ketones (excluding diaryl/α,β-unsaturated/α-hetero) is 1.